The highest BCUT2D eigenvalue weighted by molar-refractivity contribution is 6.35. The molecule has 2 aliphatic rings. The highest BCUT2D eigenvalue weighted by Crippen LogP contribution is 2.32. The van der Waals surface area contributed by atoms with Gasteiger partial charge in [0.2, 0.25) is 0 Å². The zero-order valence-electron chi connectivity index (χ0n) is 17.1. The smallest absolute Gasteiger partial charge is 0.266 e. The number of imide groups is 1. The van der Waals surface area contributed by atoms with Gasteiger partial charge in [-0.05, 0) is 68.0 Å². The molecule has 1 N–H and O–H groups in total. The SMILES string of the molecule is Cc1ccc(C)c(N2C(=O)c3ccc(C(=O)N[C@@H]4CCCC[C@@H]4C)cc3C2=O)c1. The van der Waals surface area contributed by atoms with Gasteiger partial charge in [0.1, 0.15) is 0 Å². The lowest BCUT2D eigenvalue weighted by Gasteiger charge is -2.29. The second-order valence-corrected chi connectivity index (χ2v) is 8.34. The van der Waals surface area contributed by atoms with Gasteiger partial charge in [-0.2, -0.15) is 0 Å². The fourth-order valence-corrected chi connectivity index (χ4v) is 4.34. The molecule has 0 unspecified atom stereocenters. The summed E-state index contributed by atoms with van der Waals surface area (Å²) in [6, 6.07) is 10.6. The van der Waals surface area contributed by atoms with Gasteiger partial charge in [0.25, 0.3) is 17.7 Å². The van der Waals surface area contributed by atoms with Crippen LogP contribution in [0.3, 0.4) is 0 Å². The monoisotopic (exact) mass is 390 g/mol. The maximum atomic E-state index is 13.1. The fourth-order valence-electron chi connectivity index (χ4n) is 4.34. The molecule has 3 amide bonds. The van der Waals surface area contributed by atoms with Crippen molar-refractivity contribution in [2.75, 3.05) is 4.90 Å². The van der Waals surface area contributed by atoms with Crippen molar-refractivity contribution in [2.45, 2.75) is 52.5 Å². The molecule has 2 aromatic carbocycles. The predicted molar refractivity (Wildman–Crippen MR) is 112 cm³/mol. The largest absolute Gasteiger partial charge is 0.349 e. The number of nitrogens with one attached hydrogen (secondary N) is 1. The van der Waals surface area contributed by atoms with Crippen LogP contribution in [0.2, 0.25) is 0 Å². The molecule has 2 aromatic rings. The number of carbonyl (C=O) groups excluding carboxylic acids is 3. The van der Waals surface area contributed by atoms with Gasteiger partial charge in [0.15, 0.2) is 0 Å². The molecule has 0 saturated heterocycles. The Kier molecular flexibility index (Phi) is 4.99. The van der Waals surface area contributed by atoms with Gasteiger partial charge in [-0.1, -0.05) is 31.9 Å². The average Bonchev–Trinajstić information content (AvgIpc) is 2.95. The average molecular weight is 390 g/mol. The first-order chi connectivity index (χ1) is 13.9. The van der Waals surface area contributed by atoms with Gasteiger partial charge < -0.3 is 5.32 Å². The molecule has 0 aromatic heterocycles. The summed E-state index contributed by atoms with van der Waals surface area (Å²) < 4.78 is 0. The van der Waals surface area contributed by atoms with E-state index in [1.165, 1.54) is 11.3 Å². The van der Waals surface area contributed by atoms with E-state index in [1.54, 1.807) is 18.2 Å². The number of aryl methyl sites for hydroxylation is 2. The highest BCUT2D eigenvalue weighted by Gasteiger charge is 2.38. The van der Waals surface area contributed by atoms with Crippen molar-refractivity contribution in [1.29, 1.82) is 0 Å². The molecule has 29 heavy (non-hydrogen) atoms. The summed E-state index contributed by atoms with van der Waals surface area (Å²) in [5, 5.41) is 3.11. The Morgan fingerprint density at radius 1 is 0.966 bits per heavy atom. The van der Waals surface area contributed by atoms with E-state index in [2.05, 4.69) is 12.2 Å². The minimum atomic E-state index is -0.376. The van der Waals surface area contributed by atoms with Gasteiger partial charge in [-0.15, -0.1) is 0 Å². The van der Waals surface area contributed by atoms with E-state index in [-0.39, 0.29) is 23.8 Å². The van der Waals surface area contributed by atoms with Crippen LogP contribution in [0.5, 0.6) is 0 Å². The van der Waals surface area contributed by atoms with E-state index < -0.39 is 0 Å². The van der Waals surface area contributed by atoms with Gasteiger partial charge in [0, 0.05) is 11.6 Å². The molecule has 4 rings (SSSR count). The van der Waals surface area contributed by atoms with Crippen molar-refractivity contribution >= 4 is 23.4 Å². The van der Waals surface area contributed by atoms with Crippen LogP contribution in [-0.4, -0.2) is 23.8 Å². The molecule has 150 valence electrons. The normalized spacial score (nSPS) is 21.3. The summed E-state index contributed by atoms with van der Waals surface area (Å²) >= 11 is 0. The Hall–Kier alpha value is -2.95. The first-order valence-corrected chi connectivity index (χ1v) is 10.3. The van der Waals surface area contributed by atoms with E-state index >= 15 is 0 Å². The molecule has 5 heteroatoms. The molecular formula is C24H26N2O3. The van der Waals surface area contributed by atoms with Crippen LogP contribution in [0, 0.1) is 19.8 Å². The second kappa shape index (κ2) is 7.47. The minimum absolute atomic E-state index is 0.160. The molecule has 1 aliphatic heterocycles. The molecule has 2 atom stereocenters. The van der Waals surface area contributed by atoms with Crippen LogP contribution in [0.15, 0.2) is 36.4 Å². The summed E-state index contributed by atoms with van der Waals surface area (Å²) in [6.45, 7) is 5.97. The van der Waals surface area contributed by atoms with E-state index in [9.17, 15) is 14.4 Å². The molecule has 1 aliphatic carbocycles. The summed E-state index contributed by atoms with van der Waals surface area (Å²) in [6.07, 6.45) is 4.43. The number of rotatable bonds is 3. The zero-order valence-corrected chi connectivity index (χ0v) is 17.1. The van der Waals surface area contributed by atoms with E-state index in [0.29, 0.717) is 28.3 Å². The second-order valence-electron chi connectivity index (χ2n) is 8.34. The van der Waals surface area contributed by atoms with Crippen molar-refractivity contribution in [3.63, 3.8) is 0 Å². The lowest BCUT2D eigenvalue weighted by molar-refractivity contribution is 0.0906. The van der Waals surface area contributed by atoms with Crippen molar-refractivity contribution in [3.8, 4) is 0 Å². The van der Waals surface area contributed by atoms with E-state index in [0.717, 1.165) is 30.4 Å². The van der Waals surface area contributed by atoms with Crippen LogP contribution in [0.4, 0.5) is 5.69 Å². The third-order valence-corrected chi connectivity index (χ3v) is 6.18. The Morgan fingerprint density at radius 3 is 2.45 bits per heavy atom. The van der Waals surface area contributed by atoms with Gasteiger partial charge in [0.05, 0.1) is 16.8 Å². The van der Waals surface area contributed by atoms with Crippen molar-refractivity contribution in [2.24, 2.45) is 5.92 Å². The van der Waals surface area contributed by atoms with E-state index in [1.807, 2.05) is 32.0 Å². The lowest BCUT2D eigenvalue weighted by atomic mass is 9.86. The molecular weight excluding hydrogens is 364 g/mol. The quantitative estimate of drug-likeness (QED) is 0.790. The number of fused-ring (bicyclic) bond motifs is 1. The third kappa shape index (κ3) is 3.46. The van der Waals surface area contributed by atoms with Crippen LogP contribution in [-0.2, 0) is 0 Å². The van der Waals surface area contributed by atoms with Gasteiger partial charge in [-0.3, -0.25) is 14.4 Å². The van der Waals surface area contributed by atoms with Crippen molar-refractivity contribution in [1.82, 2.24) is 5.32 Å². The van der Waals surface area contributed by atoms with Gasteiger partial charge >= 0.3 is 0 Å². The number of hydrogen-bond acceptors (Lipinski definition) is 3. The first-order valence-electron chi connectivity index (χ1n) is 10.3. The first kappa shape index (κ1) is 19.4. The third-order valence-electron chi connectivity index (χ3n) is 6.18. The minimum Gasteiger partial charge on any atom is -0.349 e. The number of benzene rings is 2. The van der Waals surface area contributed by atoms with Crippen molar-refractivity contribution in [3.05, 3.63) is 64.2 Å². The topological polar surface area (TPSA) is 66.5 Å². The molecule has 1 fully saturated rings. The molecule has 0 bridgehead atoms. The Morgan fingerprint density at radius 2 is 1.69 bits per heavy atom. The lowest BCUT2D eigenvalue weighted by Crippen LogP contribution is -2.41. The summed E-state index contributed by atoms with van der Waals surface area (Å²) in [5.41, 5.74) is 3.49. The Bertz CT molecular complexity index is 1010. The number of hydrogen-bond donors (Lipinski definition) is 1. The van der Waals surface area contributed by atoms with Crippen LogP contribution in [0.25, 0.3) is 0 Å². The van der Waals surface area contributed by atoms with Crippen LogP contribution in [0.1, 0.15) is 74.8 Å². The molecule has 0 spiro atoms. The maximum Gasteiger partial charge on any atom is 0.266 e. The van der Waals surface area contributed by atoms with Crippen LogP contribution < -0.4 is 10.2 Å². The van der Waals surface area contributed by atoms with Gasteiger partial charge in [-0.25, -0.2) is 4.90 Å². The summed E-state index contributed by atoms with van der Waals surface area (Å²) in [5.74, 6) is -0.451. The number of amides is 3. The molecule has 5 nitrogen and oxygen atoms in total. The molecule has 0 radical (unpaired) electrons. The maximum absolute atomic E-state index is 13.1. The number of carbonyl (C=O) groups is 3. The highest BCUT2D eigenvalue weighted by atomic mass is 16.2. The Balaban J connectivity index is 1.61. The van der Waals surface area contributed by atoms with E-state index in [4.69, 9.17) is 0 Å². The Labute approximate surface area is 171 Å². The predicted octanol–water partition coefficient (Wildman–Crippen LogP) is 4.41. The number of nitrogens with zero attached hydrogens (tertiary/aromatic N) is 1. The zero-order chi connectivity index (χ0) is 20.7. The van der Waals surface area contributed by atoms with Crippen LogP contribution >= 0.6 is 0 Å². The summed E-state index contributed by atoms with van der Waals surface area (Å²) in [4.78, 5) is 40.0. The molecule has 1 saturated carbocycles. The number of anilines is 1. The van der Waals surface area contributed by atoms with Crippen molar-refractivity contribution < 1.29 is 14.4 Å². The fraction of sp³-hybridized carbons (Fsp3) is 0.375. The molecule has 1 heterocycles. The standard InChI is InChI=1S/C24H26N2O3/c1-14-8-9-16(3)21(12-14)26-23(28)18-11-10-17(13-19(18)24(26)29)22(27)25-20-7-5-4-6-15(20)2/h8-13,15,20H,4-7H2,1-3H3,(H,25,27)/t15-,20+/m0/s1. The summed E-state index contributed by atoms with van der Waals surface area (Å²) in [7, 11) is 0.